The third-order valence-corrected chi connectivity index (χ3v) is 4.75. The quantitative estimate of drug-likeness (QED) is 0.702. The van der Waals surface area contributed by atoms with Crippen LogP contribution >= 0.6 is 0 Å². The number of ether oxygens (including phenoxy) is 1. The molecule has 4 rings (SSSR count). The van der Waals surface area contributed by atoms with Gasteiger partial charge >= 0.3 is 0 Å². The SMILES string of the molecule is Cn1c(N2CCOC[C@H]2Cc2ccccc2)nc(-c2ccncn2)cc1=O. The van der Waals surface area contributed by atoms with Gasteiger partial charge < -0.3 is 9.64 Å². The van der Waals surface area contributed by atoms with Crippen LogP contribution in [0.2, 0.25) is 0 Å². The predicted molar refractivity (Wildman–Crippen MR) is 103 cm³/mol. The smallest absolute Gasteiger partial charge is 0.255 e. The Morgan fingerprint density at radius 2 is 2.04 bits per heavy atom. The van der Waals surface area contributed by atoms with Crippen LogP contribution in [-0.4, -0.2) is 45.3 Å². The van der Waals surface area contributed by atoms with Gasteiger partial charge in [0.2, 0.25) is 5.95 Å². The van der Waals surface area contributed by atoms with Gasteiger partial charge in [-0.15, -0.1) is 0 Å². The molecule has 1 aliphatic heterocycles. The second-order valence-electron chi connectivity index (χ2n) is 6.55. The molecule has 0 aliphatic carbocycles. The molecule has 0 bridgehead atoms. The lowest BCUT2D eigenvalue weighted by Gasteiger charge is -2.37. The highest BCUT2D eigenvalue weighted by Gasteiger charge is 2.27. The van der Waals surface area contributed by atoms with Crippen molar-refractivity contribution in [1.29, 1.82) is 0 Å². The van der Waals surface area contributed by atoms with Crippen molar-refractivity contribution in [3.05, 3.63) is 70.9 Å². The Kier molecular flexibility index (Phi) is 4.93. The van der Waals surface area contributed by atoms with Gasteiger partial charge in [-0.1, -0.05) is 30.3 Å². The Balaban J connectivity index is 1.71. The molecule has 0 N–H and O–H groups in total. The number of anilines is 1. The van der Waals surface area contributed by atoms with Gasteiger partial charge in [0, 0.05) is 25.9 Å². The summed E-state index contributed by atoms with van der Waals surface area (Å²) in [4.78, 5) is 27.7. The van der Waals surface area contributed by atoms with E-state index in [1.807, 2.05) is 18.2 Å². The monoisotopic (exact) mass is 363 g/mol. The van der Waals surface area contributed by atoms with Crippen molar-refractivity contribution in [3.8, 4) is 11.4 Å². The van der Waals surface area contributed by atoms with Crippen molar-refractivity contribution in [1.82, 2.24) is 19.5 Å². The standard InChI is InChI=1S/C20H21N5O2/c1-24-19(26)12-18(17-7-8-21-14-22-17)23-20(24)25-9-10-27-13-16(25)11-15-5-3-2-4-6-15/h2-8,12,14,16H,9-11,13H2,1H3/t16-/m1/s1. The maximum absolute atomic E-state index is 12.6. The van der Waals surface area contributed by atoms with Crippen molar-refractivity contribution in [2.75, 3.05) is 24.7 Å². The van der Waals surface area contributed by atoms with Crippen molar-refractivity contribution in [3.63, 3.8) is 0 Å². The van der Waals surface area contributed by atoms with Crippen LogP contribution in [0.5, 0.6) is 0 Å². The molecular formula is C20H21N5O2. The Hall–Kier alpha value is -3.06. The third kappa shape index (κ3) is 3.73. The molecule has 0 amide bonds. The van der Waals surface area contributed by atoms with Gasteiger partial charge in [-0.3, -0.25) is 9.36 Å². The van der Waals surface area contributed by atoms with E-state index in [2.05, 4.69) is 27.0 Å². The second-order valence-corrected chi connectivity index (χ2v) is 6.55. The average Bonchev–Trinajstić information content (AvgIpc) is 2.72. The molecule has 0 saturated carbocycles. The first-order valence-corrected chi connectivity index (χ1v) is 8.95. The van der Waals surface area contributed by atoms with Crippen molar-refractivity contribution in [2.45, 2.75) is 12.5 Å². The molecule has 7 nitrogen and oxygen atoms in total. The summed E-state index contributed by atoms with van der Waals surface area (Å²) in [7, 11) is 1.75. The van der Waals surface area contributed by atoms with Crippen LogP contribution in [0.3, 0.4) is 0 Å². The van der Waals surface area contributed by atoms with Gasteiger partial charge in [0.25, 0.3) is 5.56 Å². The molecule has 1 atom stereocenters. The third-order valence-electron chi connectivity index (χ3n) is 4.75. The van der Waals surface area contributed by atoms with E-state index in [9.17, 15) is 4.79 Å². The zero-order valence-corrected chi connectivity index (χ0v) is 15.2. The molecule has 1 saturated heterocycles. The van der Waals surface area contributed by atoms with Crippen LogP contribution in [0.15, 0.2) is 59.8 Å². The number of nitrogens with zero attached hydrogens (tertiary/aromatic N) is 5. The van der Waals surface area contributed by atoms with Crippen LogP contribution in [0.4, 0.5) is 5.95 Å². The van der Waals surface area contributed by atoms with E-state index in [-0.39, 0.29) is 11.6 Å². The van der Waals surface area contributed by atoms with E-state index < -0.39 is 0 Å². The Morgan fingerprint density at radius 1 is 1.19 bits per heavy atom. The topological polar surface area (TPSA) is 73.1 Å². The minimum absolute atomic E-state index is 0.111. The molecule has 3 heterocycles. The zero-order valence-electron chi connectivity index (χ0n) is 15.2. The number of aromatic nitrogens is 4. The van der Waals surface area contributed by atoms with E-state index in [0.717, 1.165) is 6.42 Å². The van der Waals surface area contributed by atoms with E-state index >= 15 is 0 Å². The van der Waals surface area contributed by atoms with Crippen LogP contribution in [0.25, 0.3) is 11.4 Å². The summed E-state index contributed by atoms with van der Waals surface area (Å²) < 4.78 is 7.30. The van der Waals surface area contributed by atoms with Crippen LogP contribution in [0.1, 0.15) is 5.56 Å². The Morgan fingerprint density at radius 3 is 2.81 bits per heavy atom. The lowest BCUT2D eigenvalue weighted by molar-refractivity contribution is 0.0928. The van der Waals surface area contributed by atoms with Gasteiger partial charge in [-0.05, 0) is 18.1 Å². The fourth-order valence-electron chi connectivity index (χ4n) is 3.33. The van der Waals surface area contributed by atoms with Gasteiger partial charge in [0.05, 0.1) is 30.6 Å². The summed E-state index contributed by atoms with van der Waals surface area (Å²) in [6.07, 6.45) is 3.93. The fourth-order valence-corrected chi connectivity index (χ4v) is 3.33. The van der Waals surface area contributed by atoms with Gasteiger partial charge in [0.15, 0.2) is 0 Å². The molecule has 0 unspecified atom stereocenters. The maximum atomic E-state index is 12.6. The molecule has 1 aromatic carbocycles. The maximum Gasteiger partial charge on any atom is 0.255 e. The van der Waals surface area contributed by atoms with Crippen LogP contribution < -0.4 is 10.5 Å². The van der Waals surface area contributed by atoms with Crippen LogP contribution in [0, 0.1) is 0 Å². The average molecular weight is 363 g/mol. The summed E-state index contributed by atoms with van der Waals surface area (Å²) in [6, 6.07) is 13.7. The van der Waals surface area contributed by atoms with Gasteiger partial charge in [0.1, 0.15) is 6.33 Å². The van der Waals surface area contributed by atoms with E-state index in [1.54, 1.807) is 23.9 Å². The predicted octanol–water partition coefficient (Wildman–Crippen LogP) is 1.69. The number of morpholine rings is 1. The summed E-state index contributed by atoms with van der Waals surface area (Å²) >= 11 is 0. The molecule has 1 fully saturated rings. The first-order valence-electron chi connectivity index (χ1n) is 8.95. The summed E-state index contributed by atoms with van der Waals surface area (Å²) in [6.45, 7) is 1.90. The lowest BCUT2D eigenvalue weighted by Crippen LogP contribution is -2.49. The Bertz CT molecular complexity index is 959. The highest BCUT2D eigenvalue weighted by atomic mass is 16.5. The molecular weight excluding hydrogens is 342 g/mol. The molecule has 0 spiro atoms. The van der Waals surface area contributed by atoms with E-state index in [0.29, 0.717) is 37.1 Å². The minimum atomic E-state index is -0.112. The molecule has 1 aliphatic rings. The van der Waals surface area contributed by atoms with Gasteiger partial charge in [-0.2, -0.15) is 0 Å². The van der Waals surface area contributed by atoms with Crippen molar-refractivity contribution >= 4 is 5.95 Å². The summed E-state index contributed by atoms with van der Waals surface area (Å²) in [5.41, 5.74) is 2.31. The lowest BCUT2D eigenvalue weighted by atomic mass is 10.0. The molecule has 27 heavy (non-hydrogen) atoms. The first kappa shape index (κ1) is 17.4. The van der Waals surface area contributed by atoms with E-state index in [4.69, 9.17) is 9.72 Å². The molecule has 138 valence electrons. The van der Waals surface area contributed by atoms with Crippen molar-refractivity contribution in [2.24, 2.45) is 7.05 Å². The summed E-state index contributed by atoms with van der Waals surface area (Å²) in [5, 5.41) is 0. The minimum Gasteiger partial charge on any atom is -0.377 e. The Labute approximate surface area is 157 Å². The largest absolute Gasteiger partial charge is 0.377 e. The molecule has 2 aromatic heterocycles. The molecule has 3 aromatic rings. The normalized spacial score (nSPS) is 17.1. The van der Waals surface area contributed by atoms with Gasteiger partial charge in [-0.25, -0.2) is 15.0 Å². The molecule has 7 heteroatoms. The first-order chi connectivity index (χ1) is 13.2. The highest BCUT2D eigenvalue weighted by molar-refractivity contribution is 5.55. The molecule has 0 radical (unpaired) electrons. The highest BCUT2D eigenvalue weighted by Crippen LogP contribution is 2.21. The van der Waals surface area contributed by atoms with Crippen molar-refractivity contribution < 1.29 is 4.74 Å². The number of rotatable bonds is 4. The van der Waals surface area contributed by atoms with E-state index in [1.165, 1.54) is 18.0 Å². The number of hydrogen-bond donors (Lipinski definition) is 0. The zero-order chi connectivity index (χ0) is 18.6. The number of benzene rings is 1. The number of hydrogen-bond acceptors (Lipinski definition) is 6. The fraction of sp³-hybridized carbons (Fsp3) is 0.300. The summed E-state index contributed by atoms with van der Waals surface area (Å²) in [5.74, 6) is 0.639. The second kappa shape index (κ2) is 7.67. The van der Waals surface area contributed by atoms with Crippen LogP contribution in [-0.2, 0) is 18.2 Å².